The van der Waals surface area contributed by atoms with Gasteiger partial charge in [0.2, 0.25) is 0 Å². The van der Waals surface area contributed by atoms with E-state index < -0.39 is 11.5 Å². The SMILES string of the molecule is Cl.O=CCCC(C(=O)O)(c1ccc(-c2ccccc2Cl)cc1)N1CCC(c2ccccc2)CC1. The van der Waals surface area contributed by atoms with E-state index >= 15 is 0 Å². The van der Waals surface area contributed by atoms with E-state index in [1.54, 1.807) is 0 Å². The van der Waals surface area contributed by atoms with Gasteiger partial charge in [-0.25, -0.2) is 4.79 Å². The quantitative estimate of drug-likeness (QED) is 0.357. The van der Waals surface area contributed by atoms with E-state index in [4.69, 9.17) is 11.6 Å². The molecule has 3 aromatic carbocycles. The molecule has 0 aromatic heterocycles. The highest BCUT2D eigenvalue weighted by Gasteiger charge is 2.46. The zero-order chi connectivity index (χ0) is 23.3. The molecule has 1 N–H and O–H groups in total. The van der Waals surface area contributed by atoms with E-state index in [1.807, 2.05) is 66.7 Å². The maximum atomic E-state index is 12.8. The fourth-order valence-electron chi connectivity index (χ4n) is 5.06. The van der Waals surface area contributed by atoms with Gasteiger partial charge in [-0.15, -0.1) is 12.4 Å². The van der Waals surface area contributed by atoms with Crippen LogP contribution in [0.2, 0.25) is 5.02 Å². The third kappa shape index (κ3) is 5.20. The molecule has 1 fully saturated rings. The first-order valence-electron chi connectivity index (χ1n) is 11.4. The van der Waals surface area contributed by atoms with Crippen LogP contribution in [0.3, 0.4) is 0 Å². The third-order valence-electron chi connectivity index (χ3n) is 6.83. The molecule has 4 nitrogen and oxygen atoms in total. The van der Waals surface area contributed by atoms with Crippen LogP contribution in [0.5, 0.6) is 0 Å². The van der Waals surface area contributed by atoms with Gasteiger partial charge in [0.15, 0.2) is 0 Å². The molecule has 6 heteroatoms. The van der Waals surface area contributed by atoms with Gasteiger partial charge in [-0.3, -0.25) is 4.90 Å². The first-order chi connectivity index (χ1) is 16.1. The lowest BCUT2D eigenvalue weighted by Gasteiger charge is -2.44. The summed E-state index contributed by atoms with van der Waals surface area (Å²) >= 11 is 6.35. The topological polar surface area (TPSA) is 57.6 Å². The number of carboxylic acid groups (broad SMARTS) is 1. The van der Waals surface area contributed by atoms with Crippen molar-refractivity contribution in [3.63, 3.8) is 0 Å². The number of carboxylic acids is 1. The lowest BCUT2D eigenvalue weighted by molar-refractivity contribution is -0.154. The number of halogens is 2. The number of piperidine rings is 1. The van der Waals surface area contributed by atoms with Crippen LogP contribution < -0.4 is 0 Å². The zero-order valence-corrected chi connectivity index (χ0v) is 20.5. The van der Waals surface area contributed by atoms with Crippen molar-refractivity contribution in [3.8, 4) is 11.1 Å². The summed E-state index contributed by atoms with van der Waals surface area (Å²) in [4.78, 5) is 26.1. The molecule has 0 amide bonds. The Balaban J connectivity index is 0.00000324. The van der Waals surface area contributed by atoms with Gasteiger partial charge in [-0.1, -0.05) is 84.4 Å². The molecular formula is C28H29Cl2NO3. The standard InChI is InChI=1S/C28H28ClNO3.ClH/c29-26-10-5-4-9-25(26)23-11-13-24(14-12-23)28(27(32)33,17-6-20-31)30-18-15-22(16-19-30)21-7-2-1-3-8-21;/h1-5,7-14,20,22H,6,15-19H2,(H,32,33);1H. The predicted molar refractivity (Wildman–Crippen MR) is 139 cm³/mol. The minimum Gasteiger partial charge on any atom is -0.480 e. The lowest BCUT2D eigenvalue weighted by Crippen LogP contribution is -2.54. The van der Waals surface area contributed by atoms with E-state index in [2.05, 4.69) is 17.0 Å². The Kier molecular flexibility index (Phi) is 8.90. The minimum absolute atomic E-state index is 0. The summed E-state index contributed by atoms with van der Waals surface area (Å²) in [7, 11) is 0. The highest BCUT2D eigenvalue weighted by Crippen LogP contribution is 2.40. The smallest absolute Gasteiger partial charge is 0.328 e. The highest BCUT2D eigenvalue weighted by molar-refractivity contribution is 6.33. The van der Waals surface area contributed by atoms with Crippen LogP contribution in [0.25, 0.3) is 11.1 Å². The molecule has 1 aliphatic heterocycles. The monoisotopic (exact) mass is 497 g/mol. The van der Waals surface area contributed by atoms with Crippen molar-refractivity contribution in [3.05, 3.63) is 95.0 Å². The van der Waals surface area contributed by atoms with Crippen LogP contribution in [0.15, 0.2) is 78.9 Å². The van der Waals surface area contributed by atoms with E-state index in [0.29, 0.717) is 29.6 Å². The Bertz CT molecular complexity index is 1100. The van der Waals surface area contributed by atoms with Crippen molar-refractivity contribution in [1.29, 1.82) is 0 Å². The van der Waals surface area contributed by atoms with Crippen LogP contribution in [-0.2, 0) is 15.1 Å². The molecule has 1 atom stereocenters. The second-order valence-corrected chi connectivity index (χ2v) is 9.01. The molecule has 4 rings (SSSR count). The van der Waals surface area contributed by atoms with Crippen LogP contribution in [0, 0.1) is 0 Å². The van der Waals surface area contributed by atoms with Crippen molar-refractivity contribution in [1.82, 2.24) is 4.90 Å². The third-order valence-corrected chi connectivity index (χ3v) is 7.16. The van der Waals surface area contributed by atoms with Gasteiger partial charge >= 0.3 is 5.97 Å². The summed E-state index contributed by atoms with van der Waals surface area (Å²) in [5.41, 5.74) is 2.60. The Morgan fingerprint density at radius 1 is 0.971 bits per heavy atom. The number of likely N-dealkylation sites (tertiary alicyclic amines) is 1. The van der Waals surface area contributed by atoms with Gasteiger partial charge in [-0.05, 0) is 47.9 Å². The molecule has 34 heavy (non-hydrogen) atoms. The second-order valence-electron chi connectivity index (χ2n) is 8.60. The summed E-state index contributed by atoms with van der Waals surface area (Å²) in [5, 5.41) is 11.1. The number of aliphatic carboxylic acids is 1. The fourth-order valence-corrected chi connectivity index (χ4v) is 5.30. The van der Waals surface area contributed by atoms with E-state index in [0.717, 1.165) is 30.3 Å². The van der Waals surface area contributed by atoms with Crippen molar-refractivity contribution >= 4 is 36.3 Å². The predicted octanol–water partition coefficient (Wildman–Crippen LogP) is 6.57. The largest absolute Gasteiger partial charge is 0.480 e. The molecule has 3 aromatic rings. The number of hydrogen-bond acceptors (Lipinski definition) is 3. The highest BCUT2D eigenvalue weighted by atomic mass is 35.5. The van der Waals surface area contributed by atoms with Crippen LogP contribution >= 0.6 is 24.0 Å². The van der Waals surface area contributed by atoms with E-state index in [-0.39, 0.29) is 25.2 Å². The number of carbonyl (C=O) groups is 2. The fraction of sp³-hybridized carbons (Fsp3) is 0.286. The number of carbonyl (C=O) groups excluding carboxylic acids is 1. The summed E-state index contributed by atoms with van der Waals surface area (Å²) in [5.74, 6) is -0.490. The summed E-state index contributed by atoms with van der Waals surface area (Å²) in [6, 6.07) is 25.6. The first-order valence-corrected chi connectivity index (χ1v) is 11.8. The average molecular weight is 498 g/mol. The van der Waals surface area contributed by atoms with Gasteiger partial charge in [-0.2, -0.15) is 0 Å². The number of nitrogens with zero attached hydrogens (tertiary/aromatic N) is 1. The number of aldehydes is 1. The van der Waals surface area contributed by atoms with Crippen molar-refractivity contribution in [2.75, 3.05) is 13.1 Å². The van der Waals surface area contributed by atoms with Crippen molar-refractivity contribution in [2.24, 2.45) is 0 Å². The van der Waals surface area contributed by atoms with Crippen molar-refractivity contribution < 1.29 is 14.7 Å². The molecule has 1 heterocycles. The average Bonchev–Trinajstić information content (AvgIpc) is 2.86. The Labute approximate surface area is 212 Å². The van der Waals surface area contributed by atoms with E-state index in [1.165, 1.54) is 5.56 Å². The molecule has 178 valence electrons. The molecular weight excluding hydrogens is 469 g/mol. The number of rotatable bonds is 8. The molecule has 0 spiro atoms. The minimum atomic E-state index is -1.23. The van der Waals surface area contributed by atoms with Gasteiger partial charge in [0.1, 0.15) is 11.8 Å². The number of hydrogen-bond donors (Lipinski definition) is 1. The second kappa shape index (κ2) is 11.7. The normalized spacial score (nSPS) is 16.3. The maximum absolute atomic E-state index is 12.8. The number of benzene rings is 3. The maximum Gasteiger partial charge on any atom is 0.328 e. The molecule has 1 aliphatic rings. The lowest BCUT2D eigenvalue weighted by atomic mass is 9.80. The molecule has 1 saturated heterocycles. The van der Waals surface area contributed by atoms with Gasteiger partial charge in [0.05, 0.1) is 0 Å². The van der Waals surface area contributed by atoms with Crippen LogP contribution in [-0.4, -0.2) is 35.4 Å². The molecule has 0 aliphatic carbocycles. The Morgan fingerprint density at radius 2 is 1.59 bits per heavy atom. The molecule has 0 radical (unpaired) electrons. The summed E-state index contributed by atoms with van der Waals surface area (Å²) in [6.45, 7) is 1.33. The zero-order valence-electron chi connectivity index (χ0n) is 18.9. The first kappa shape index (κ1) is 26.0. The summed E-state index contributed by atoms with van der Waals surface area (Å²) < 4.78 is 0. The molecule has 0 bridgehead atoms. The van der Waals surface area contributed by atoms with Crippen molar-refractivity contribution in [2.45, 2.75) is 37.1 Å². The van der Waals surface area contributed by atoms with Crippen LogP contribution in [0.1, 0.15) is 42.7 Å². The Morgan fingerprint density at radius 3 is 2.18 bits per heavy atom. The molecule has 1 unspecified atom stereocenters. The summed E-state index contributed by atoms with van der Waals surface area (Å²) in [6.07, 6.45) is 3.02. The van der Waals surface area contributed by atoms with Gasteiger partial charge in [0, 0.05) is 30.1 Å². The van der Waals surface area contributed by atoms with Gasteiger partial charge < -0.3 is 9.90 Å². The molecule has 0 saturated carbocycles. The van der Waals surface area contributed by atoms with E-state index in [9.17, 15) is 14.7 Å². The van der Waals surface area contributed by atoms with Crippen LogP contribution in [0.4, 0.5) is 0 Å². The Hall–Kier alpha value is -2.66. The van der Waals surface area contributed by atoms with Gasteiger partial charge in [0.25, 0.3) is 0 Å².